The molecule has 1 saturated carbocycles. The van der Waals surface area contributed by atoms with Gasteiger partial charge in [0, 0.05) is 6.54 Å². The molecule has 1 heterocycles. The number of aromatic amines is 1. The van der Waals surface area contributed by atoms with Gasteiger partial charge in [-0.3, -0.25) is 4.79 Å². The van der Waals surface area contributed by atoms with E-state index in [0.717, 1.165) is 25.7 Å². The van der Waals surface area contributed by atoms with E-state index in [9.17, 15) is 9.90 Å². The summed E-state index contributed by atoms with van der Waals surface area (Å²) in [6.45, 7) is 2.53. The number of ether oxygens (including phenoxy) is 1. The number of nitrogens with zero attached hydrogens (tertiary/aromatic N) is 1. The molecule has 1 aliphatic carbocycles. The van der Waals surface area contributed by atoms with Gasteiger partial charge in [0.15, 0.2) is 5.82 Å². The Kier molecular flexibility index (Phi) is 4.09. The van der Waals surface area contributed by atoms with E-state index < -0.39 is 5.60 Å². The van der Waals surface area contributed by atoms with Crippen LogP contribution in [0.3, 0.4) is 0 Å². The molecule has 0 saturated heterocycles. The maximum absolute atomic E-state index is 11.5. The second-order valence-electron chi connectivity index (χ2n) is 5.39. The number of aromatic nitrogens is 2. The normalized spacial score (nSPS) is 27.0. The molecule has 19 heavy (non-hydrogen) atoms. The number of nitrogens with one attached hydrogen (secondary N) is 2. The number of hydrogen-bond acceptors (Lipinski definition) is 5. The fourth-order valence-corrected chi connectivity index (χ4v) is 2.74. The van der Waals surface area contributed by atoms with E-state index in [2.05, 4.69) is 22.2 Å². The minimum Gasteiger partial charge on any atom is -0.489 e. The Hall–Kier alpha value is -1.56. The molecule has 0 aromatic carbocycles. The molecular formula is C13H21N3O3. The van der Waals surface area contributed by atoms with Crippen LogP contribution < -0.4 is 15.6 Å². The Morgan fingerprint density at radius 1 is 1.68 bits per heavy atom. The van der Waals surface area contributed by atoms with Crippen LogP contribution in [0.25, 0.3) is 0 Å². The molecule has 2 unspecified atom stereocenters. The fraction of sp³-hybridized carbons (Fsp3) is 0.692. The summed E-state index contributed by atoms with van der Waals surface area (Å²) in [4.78, 5) is 18.0. The second kappa shape index (κ2) is 5.61. The highest BCUT2D eigenvalue weighted by Crippen LogP contribution is 2.32. The molecule has 0 spiro atoms. The number of anilines is 1. The first-order valence-electron chi connectivity index (χ1n) is 6.62. The average molecular weight is 267 g/mol. The van der Waals surface area contributed by atoms with Gasteiger partial charge >= 0.3 is 0 Å². The smallest absolute Gasteiger partial charge is 0.295 e. The molecule has 106 valence electrons. The summed E-state index contributed by atoms with van der Waals surface area (Å²) in [5.41, 5.74) is -1.06. The van der Waals surface area contributed by atoms with Crippen LogP contribution in [0.2, 0.25) is 0 Å². The standard InChI is InChI=1S/C13H21N3O3/c1-9-4-3-5-13(18,6-9)7-14-11-10(19-2)12(17)16-8-15-11/h8-9,18H,3-7H2,1-2H3,(H2,14,15,16,17). The Morgan fingerprint density at radius 3 is 3.16 bits per heavy atom. The average Bonchev–Trinajstić information content (AvgIpc) is 2.36. The summed E-state index contributed by atoms with van der Waals surface area (Å²) in [5, 5.41) is 13.5. The van der Waals surface area contributed by atoms with Crippen molar-refractivity contribution in [3.63, 3.8) is 0 Å². The van der Waals surface area contributed by atoms with Crippen molar-refractivity contribution in [3.05, 3.63) is 16.7 Å². The summed E-state index contributed by atoms with van der Waals surface area (Å²) >= 11 is 0. The van der Waals surface area contributed by atoms with Crippen LogP contribution >= 0.6 is 0 Å². The SMILES string of the molecule is COc1c(NCC2(O)CCCC(C)C2)nc[nH]c1=O. The van der Waals surface area contributed by atoms with Crippen LogP contribution in [-0.2, 0) is 0 Å². The summed E-state index contributed by atoms with van der Waals surface area (Å²) in [6.07, 6.45) is 5.05. The minimum atomic E-state index is -0.729. The van der Waals surface area contributed by atoms with E-state index in [4.69, 9.17) is 4.74 Å². The van der Waals surface area contributed by atoms with Crippen molar-refractivity contribution in [2.24, 2.45) is 5.92 Å². The number of hydrogen-bond donors (Lipinski definition) is 3. The molecule has 1 aromatic rings. The van der Waals surface area contributed by atoms with Gasteiger partial charge in [-0.15, -0.1) is 0 Å². The highest BCUT2D eigenvalue weighted by atomic mass is 16.5. The molecule has 0 radical (unpaired) electrons. The van der Waals surface area contributed by atoms with Crippen molar-refractivity contribution in [2.75, 3.05) is 19.0 Å². The molecule has 1 fully saturated rings. The summed E-state index contributed by atoms with van der Waals surface area (Å²) in [5.74, 6) is 1.04. The van der Waals surface area contributed by atoms with Gasteiger partial charge in [-0.2, -0.15) is 0 Å². The molecule has 6 nitrogen and oxygen atoms in total. The first-order chi connectivity index (χ1) is 9.04. The molecular weight excluding hydrogens is 246 g/mol. The highest BCUT2D eigenvalue weighted by Gasteiger charge is 2.32. The van der Waals surface area contributed by atoms with Gasteiger partial charge in [0.05, 0.1) is 19.0 Å². The van der Waals surface area contributed by atoms with Crippen LogP contribution in [-0.4, -0.2) is 34.3 Å². The maximum Gasteiger partial charge on any atom is 0.295 e. The molecule has 1 aromatic heterocycles. The molecule has 0 aliphatic heterocycles. The lowest BCUT2D eigenvalue weighted by Gasteiger charge is -2.35. The topological polar surface area (TPSA) is 87.2 Å². The molecule has 0 bridgehead atoms. The van der Waals surface area contributed by atoms with Crippen LogP contribution in [0.15, 0.2) is 11.1 Å². The molecule has 2 atom stereocenters. The van der Waals surface area contributed by atoms with Gasteiger partial charge < -0.3 is 20.1 Å². The highest BCUT2D eigenvalue weighted by molar-refractivity contribution is 5.48. The number of aliphatic hydroxyl groups is 1. The van der Waals surface area contributed by atoms with Gasteiger partial charge in [0.1, 0.15) is 0 Å². The predicted molar refractivity (Wildman–Crippen MR) is 72.5 cm³/mol. The number of methoxy groups -OCH3 is 1. The van der Waals surface area contributed by atoms with E-state index in [1.54, 1.807) is 0 Å². The third-order valence-electron chi connectivity index (χ3n) is 3.67. The van der Waals surface area contributed by atoms with Crippen molar-refractivity contribution in [3.8, 4) is 5.75 Å². The zero-order chi connectivity index (χ0) is 13.9. The summed E-state index contributed by atoms with van der Waals surface area (Å²) < 4.78 is 5.02. The molecule has 2 rings (SSSR count). The van der Waals surface area contributed by atoms with Gasteiger partial charge in [-0.1, -0.05) is 19.8 Å². The van der Waals surface area contributed by atoms with E-state index in [-0.39, 0.29) is 11.3 Å². The van der Waals surface area contributed by atoms with Crippen LogP contribution in [0.1, 0.15) is 32.6 Å². The lowest BCUT2D eigenvalue weighted by atomic mass is 9.79. The van der Waals surface area contributed by atoms with E-state index in [0.29, 0.717) is 18.3 Å². The van der Waals surface area contributed by atoms with Crippen molar-refractivity contribution in [2.45, 2.75) is 38.2 Å². The van der Waals surface area contributed by atoms with E-state index in [1.807, 2.05) is 0 Å². The lowest BCUT2D eigenvalue weighted by Crippen LogP contribution is -2.41. The van der Waals surface area contributed by atoms with Crippen molar-refractivity contribution in [1.29, 1.82) is 0 Å². The zero-order valence-electron chi connectivity index (χ0n) is 11.4. The third-order valence-corrected chi connectivity index (χ3v) is 3.67. The third kappa shape index (κ3) is 3.26. The van der Waals surface area contributed by atoms with Crippen molar-refractivity contribution >= 4 is 5.82 Å². The second-order valence-corrected chi connectivity index (χ2v) is 5.39. The molecule has 0 amide bonds. The lowest BCUT2D eigenvalue weighted by molar-refractivity contribution is -0.000858. The molecule has 3 N–H and O–H groups in total. The monoisotopic (exact) mass is 267 g/mol. The maximum atomic E-state index is 11.5. The minimum absolute atomic E-state index is 0.148. The Morgan fingerprint density at radius 2 is 2.47 bits per heavy atom. The van der Waals surface area contributed by atoms with E-state index in [1.165, 1.54) is 13.4 Å². The Bertz CT molecular complexity index is 488. The predicted octanol–water partition coefficient (Wildman–Crippen LogP) is 1.13. The van der Waals surface area contributed by atoms with Crippen molar-refractivity contribution in [1.82, 2.24) is 9.97 Å². The quantitative estimate of drug-likeness (QED) is 0.761. The van der Waals surface area contributed by atoms with Gasteiger partial charge in [0.2, 0.25) is 5.75 Å². The van der Waals surface area contributed by atoms with Crippen LogP contribution in [0, 0.1) is 5.92 Å². The largest absolute Gasteiger partial charge is 0.489 e. The summed E-state index contributed by atoms with van der Waals surface area (Å²) in [6, 6.07) is 0. The Labute approximate surface area is 112 Å². The van der Waals surface area contributed by atoms with E-state index >= 15 is 0 Å². The first-order valence-corrected chi connectivity index (χ1v) is 6.62. The molecule has 6 heteroatoms. The molecule has 1 aliphatic rings. The Balaban J connectivity index is 2.06. The number of rotatable bonds is 4. The van der Waals surface area contributed by atoms with Crippen molar-refractivity contribution < 1.29 is 9.84 Å². The fourth-order valence-electron chi connectivity index (χ4n) is 2.74. The first kappa shape index (κ1) is 13.9. The van der Waals surface area contributed by atoms with Crippen LogP contribution in [0.5, 0.6) is 5.75 Å². The number of H-pyrrole nitrogens is 1. The van der Waals surface area contributed by atoms with Crippen LogP contribution in [0.4, 0.5) is 5.82 Å². The zero-order valence-corrected chi connectivity index (χ0v) is 11.4. The van der Waals surface area contributed by atoms with Gasteiger partial charge in [-0.05, 0) is 18.8 Å². The van der Waals surface area contributed by atoms with Gasteiger partial charge in [0.25, 0.3) is 5.56 Å². The summed E-state index contributed by atoms with van der Waals surface area (Å²) in [7, 11) is 1.43. The van der Waals surface area contributed by atoms with Gasteiger partial charge in [-0.25, -0.2) is 4.98 Å².